The van der Waals surface area contributed by atoms with Crippen LogP contribution >= 0.6 is 11.3 Å². The maximum atomic E-state index is 10.8. The van der Waals surface area contributed by atoms with Crippen molar-refractivity contribution in [3.05, 3.63) is 35.2 Å². The molecule has 0 unspecified atom stereocenters. The number of fused-ring (bicyclic) bond motifs is 1. The van der Waals surface area contributed by atoms with Gasteiger partial charge in [-0.3, -0.25) is 4.90 Å². The van der Waals surface area contributed by atoms with Gasteiger partial charge in [-0.2, -0.15) is 0 Å². The first-order valence-electron chi connectivity index (χ1n) is 8.26. The molecule has 6 nitrogen and oxygen atoms in total. The van der Waals surface area contributed by atoms with Gasteiger partial charge in [-0.25, -0.2) is 9.59 Å². The number of carboxylic acid groups (broad SMARTS) is 1. The molecule has 1 aromatic carbocycles. The highest BCUT2D eigenvalue weighted by Gasteiger charge is 2.13. The van der Waals surface area contributed by atoms with Crippen molar-refractivity contribution in [2.75, 3.05) is 39.5 Å². The Morgan fingerprint density at radius 3 is 2.72 bits per heavy atom. The number of esters is 1. The summed E-state index contributed by atoms with van der Waals surface area (Å²) in [5.41, 5.74) is 1.26. The number of hydrogen-bond acceptors (Lipinski definition) is 6. The average molecular weight is 365 g/mol. The fourth-order valence-electron chi connectivity index (χ4n) is 2.41. The zero-order valence-electron chi connectivity index (χ0n) is 14.3. The standard InChI is InChI=1S/C18H23NO5S/c1-2-19(8-11-24-18(22)17(20)21)7-10-23-9-5-14-3-4-16-15(13-14)6-12-25-16/h3-4,6,12-13H,2,5,7-11H2,1H3,(H,20,21). The summed E-state index contributed by atoms with van der Waals surface area (Å²) in [6, 6.07) is 8.61. The number of hydrogen-bond donors (Lipinski definition) is 1. The van der Waals surface area contributed by atoms with Gasteiger partial charge in [-0.1, -0.05) is 19.1 Å². The number of ether oxygens (including phenoxy) is 2. The number of carboxylic acids is 1. The minimum atomic E-state index is -1.56. The van der Waals surface area contributed by atoms with Crippen molar-refractivity contribution >= 4 is 33.4 Å². The predicted molar refractivity (Wildman–Crippen MR) is 97.1 cm³/mol. The lowest BCUT2D eigenvalue weighted by atomic mass is 10.1. The highest BCUT2D eigenvalue weighted by molar-refractivity contribution is 7.17. The molecule has 136 valence electrons. The summed E-state index contributed by atoms with van der Waals surface area (Å²) in [6.45, 7) is 5.29. The molecule has 0 saturated carbocycles. The van der Waals surface area contributed by atoms with Crippen LogP contribution in [0.3, 0.4) is 0 Å². The normalized spacial score (nSPS) is 11.1. The second-order valence-electron chi connectivity index (χ2n) is 5.53. The van der Waals surface area contributed by atoms with E-state index in [1.807, 2.05) is 11.8 Å². The van der Waals surface area contributed by atoms with E-state index in [2.05, 4.69) is 34.4 Å². The third-order valence-corrected chi connectivity index (χ3v) is 4.76. The third-order valence-electron chi connectivity index (χ3n) is 3.87. The van der Waals surface area contributed by atoms with E-state index < -0.39 is 11.9 Å². The molecule has 0 aliphatic rings. The zero-order valence-corrected chi connectivity index (χ0v) is 15.1. The van der Waals surface area contributed by atoms with Gasteiger partial charge < -0.3 is 14.6 Å². The number of aliphatic carboxylic acids is 1. The van der Waals surface area contributed by atoms with Crippen LogP contribution in [0.4, 0.5) is 0 Å². The van der Waals surface area contributed by atoms with Gasteiger partial charge in [0.25, 0.3) is 0 Å². The van der Waals surface area contributed by atoms with E-state index in [9.17, 15) is 9.59 Å². The summed E-state index contributed by atoms with van der Waals surface area (Å²) in [5.74, 6) is -2.78. The Morgan fingerprint density at radius 2 is 1.96 bits per heavy atom. The fourth-order valence-corrected chi connectivity index (χ4v) is 3.19. The van der Waals surface area contributed by atoms with E-state index >= 15 is 0 Å². The minimum Gasteiger partial charge on any atom is -0.473 e. The van der Waals surface area contributed by atoms with Crippen molar-refractivity contribution in [2.45, 2.75) is 13.3 Å². The minimum absolute atomic E-state index is 0.0691. The van der Waals surface area contributed by atoms with Crippen molar-refractivity contribution in [1.82, 2.24) is 4.90 Å². The van der Waals surface area contributed by atoms with Crippen LogP contribution in [0.2, 0.25) is 0 Å². The monoisotopic (exact) mass is 365 g/mol. The van der Waals surface area contributed by atoms with Crippen LogP contribution < -0.4 is 0 Å². The molecule has 0 radical (unpaired) electrons. The third kappa shape index (κ3) is 6.45. The molecular weight excluding hydrogens is 342 g/mol. The number of nitrogens with zero attached hydrogens (tertiary/aromatic N) is 1. The summed E-state index contributed by atoms with van der Waals surface area (Å²) in [7, 11) is 0. The quantitative estimate of drug-likeness (QED) is 0.396. The number of rotatable bonds is 10. The molecule has 1 N–H and O–H groups in total. The van der Waals surface area contributed by atoms with Gasteiger partial charge in [0.1, 0.15) is 6.61 Å². The van der Waals surface area contributed by atoms with E-state index in [-0.39, 0.29) is 6.61 Å². The smallest absolute Gasteiger partial charge is 0.417 e. The van der Waals surface area contributed by atoms with Gasteiger partial charge in [0, 0.05) is 17.8 Å². The van der Waals surface area contributed by atoms with Crippen molar-refractivity contribution in [3.8, 4) is 0 Å². The largest absolute Gasteiger partial charge is 0.473 e. The molecule has 7 heteroatoms. The van der Waals surface area contributed by atoms with E-state index in [4.69, 9.17) is 9.84 Å². The average Bonchev–Trinajstić information content (AvgIpc) is 3.07. The second kappa shape index (κ2) is 10.1. The molecule has 25 heavy (non-hydrogen) atoms. The Labute approximate surface area is 151 Å². The first-order valence-corrected chi connectivity index (χ1v) is 9.14. The molecule has 1 heterocycles. The molecule has 0 aliphatic carbocycles. The maximum Gasteiger partial charge on any atom is 0.417 e. The molecule has 0 saturated heterocycles. The van der Waals surface area contributed by atoms with Gasteiger partial charge in [-0.05, 0) is 41.4 Å². The summed E-state index contributed by atoms with van der Waals surface area (Å²) in [5, 5.41) is 11.8. The van der Waals surface area contributed by atoms with Gasteiger partial charge >= 0.3 is 11.9 Å². The van der Waals surface area contributed by atoms with E-state index in [0.717, 1.165) is 13.0 Å². The molecule has 1 aromatic heterocycles. The van der Waals surface area contributed by atoms with Gasteiger partial charge in [0.2, 0.25) is 0 Å². The number of likely N-dealkylation sites (N-methyl/N-ethyl adjacent to an activating group) is 1. The van der Waals surface area contributed by atoms with Gasteiger partial charge in [0.15, 0.2) is 0 Å². The summed E-state index contributed by atoms with van der Waals surface area (Å²) >= 11 is 1.74. The molecule has 0 amide bonds. The Kier molecular flexibility index (Phi) is 7.84. The first-order chi connectivity index (χ1) is 12.1. The SMILES string of the molecule is CCN(CCOCCc1ccc2sccc2c1)CCOC(=O)C(=O)O. The number of benzene rings is 1. The predicted octanol–water partition coefficient (Wildman–Crippen LogP) is 2.41. The van der Waals surface area contributed by atoms with Gasteiger partial charge in [0.05, 0.1) is 13.2 Å². The lowest BCUT2D eigenvalue weighted by Crippen LogP contribution is -2.32. The Balaban J connectivity index is 1.60. The number of carbonyl (C=O) groups is 2. The topological polar surface area (TPSA) is 76.1 Å². The highest BCUT2D eigenvalue weighted by atomic mass is 32.1. The van der Waals surface area contributed by atoms with Gasteiger partial charge in [-0.15, -0.1) is 11.3 Å². The fraction of sp³-hybridized carbons (Fsp3) is 0.444. The Bertz CT molecular complexity index is 700. The van der Waals surface area contributed by atoms with Crippen LogP contribution in [0.25, 0.3) is 10.1 Å². The molecular formula is C18H23NO5S. The van der Waals surface area contributed by atoms with Crippen molar-refractivity contribution in [2.24, 2.45) is 0 Å². The Morgan fingerprint density at radius 1 is 1.16 bits per heavy atom. The first kappa shape index (κ1) is 19.4. The molecule has 0 fully saturated rings. The van der Waals surface area contributed by atoms with E-state index in [1.54, 1.807) is 11.3 Å². The molecule has 2 rings (SSSR count). The number of carbonyl (C=O) groups excluding carboxylic acids is 1. The lowest BCUT2D eigenvalue weighted by Gasteiger charge is -2.19. The molecule has 0 spiro atoms. The molecule has 0 aliphatic heterocycles. The highest BCUT2D eigenvalue weighted by Crippen LogP contribution is 2.21. The van der Waals surface area contributed by atoms with Crippen LogP contribution in [-0.2, 0) is 25.5 Å². The van der Waals surface area contributed by atoms with Crippen LogP contribution in [0, 0.1) is 0 Å². The van der Waals surface area contributed by atoms with Crippen LogP contribution in [0.15, 0.2) is 29.6 Å². The lowest BCUT2D eigenvalue weighted by molar-refractivity contribution is -0.164. The Hall–Kier alpha value is -1.96. The van der Waals surface area contributed by atoms with Crippen molar-refractivity contribution in [1.29, 1.82) is 0 Å². The summed E-state index contributed by atoms with van der Waals surface area (Å²) in [6.07, 6.45) is 0.869. The summed E-state index contributed by atoms with van der Waals surface area (Å²) in [4.78, 5) is 23.2. The van der Waals surface area contributed by atoms with E-state index in [0.29, 0.717) is 26.3 Å². The zero-order chi connectivity index (χ0) is 18.1. The summed E-state index contributed by atoms with van der Waals surface area (Å²) < 4.78 is 11.6. The van der Waals surface area contributed by atoms with Crippen molar-refractivity contribution < 1.29 is 24.2 Å². The van der Waals surface area contributed by atoms with Crippen LogP contribution in [-0.4, -0.2) is 61.4 Å². The van der Waals surface area contributed by atoms with Crippen molar-refractivity contribution in [3.63, 3.8) is 0 Å². The van der Waals surface area contributed by atoms with E-state index in [1.165, 1.54) is 15.6 Å². The van der Waals surface area contributed by atoms with Crippen LogP contribution in [0.1, 0.15) is 12.5 Å². The number of thiophene rings is 1. The molecule has 0 bridgehead atoms. The molecule has 0 atom stereocenters. The molecule has 2 aromatic rings. The maximum absolute atomic E-state index is 10.8. The second-order valence-corrected chi connectivity index (χ2v) is 6.48. The van der Waals surface area contributed by atoms with Crippen LogP contribution in [0.5, 0.6) is 0 Å².